The maximum absolute atomic E-state index is 13.0. The Kier molecular flexibility index (Phi) is 6.33. The number of alkyl halides is 3. The van der Waals surface area contributed by atoms with Crippen LogP contribution in [0.1, 0.15) is 36.2 Å². The van der Waals surface area contributed by atoms with E-state index in [9.17, 15) is 26.4 Å². The van der Waals surface area contributed by atoms with Gasteiger partial charge in [0.25, 0.3) is 5.91 Å². The normalized spacial score (nSPS) is 14.6. The van der Waals surface area contributed by atoms with Gasteiger partial charge in [-0.2, -0.15) is 4.31 Å². The summed E-state index contributed by atoms with van der Waals surface area (Å²) in [7, 11) is -2.18. The topological polar surface area (TPSA) is 66.9 Å². The molecule has 0 bridgehead atoms. The average molecular weight is 456 g/mol. The number of sulfonamides is 1. The second kappa shape index (κ2) is 8.51. The number of halogens is 3. The van der Waals surface area contributed by atoms with Gasteiger partial charge in [0.1, 0.15) is 5.75 Å². The second-order valence-electron chi connectivity index (χ2n) is 7.54. The van der Waals surface area contributed by atoms with Crippen molar-refractivity contribution < 1.29 is 31.1 Å². The third kappa shape index (κ3) is 5.01. The number of anilines is 1. The molecule has 0 atom stereocenters. The number of rotatable bonds is 5. The van der Waals surface area contributed by atoms with E-state index < -0.39 is 16.4 Å². The first-order valence-electron chi connectivity index (χ1n) is 9.69. The number of nitrogens with zero attached hydrogens (tertiary/aromatic N) is 2. The van der Waals surface area contributed by atoms with E-state index in [1.807, 2.05) is 0 Å². The highest BCUT2D eigenvalue weighted by atomic mass is 32.2. The van der Waals surface area contributed by atoms with E-state index in [4.69, 9.17) is 0 Å². The minimum Gasteiger partial charge on any atom is -0.406 e. The van der Waals surface area contributed by atoms with Crippen molar-refractivity contribution >= 4 is 21.6 Å². The van der Waals surface area contributed by atoms with Crippen molar-refractivity contribution in [3.05, 3.63) is 53.6 Å². The van der Waals surface area contributed by atoms with Crippen LogP contribution in [-0.2, 0) is 16.4 Å². The van der Waals surface area contributed by atoms with Gasteiger partial charge in [-0.1, -0.05) is 0 Å². The Bertz CT molecular complexity index is 1070. The molecule has 168 valence electrons. The summed E-state index contributed by atoms with van der Waals surface area (Å²) >= 11 is 0. The first-order valence-corrected chi connectivity index (χ1v) is 11.1. The molecule has 0 saturated heterocycles. The van der Waals surface area contributed by atoms with Gasteiger partial charge in [-0.3, -0.25) is 4.79 Å². The third-order valence-electron chi connectivity index (χ3n) is 5.15. The monoisotopic (exact) mass is 456 g/mol. The van der Waals surface area contributed by atoms with Crippen LogP contribution < -0.4 is 9.64 Å². The zero-order valence-corrected chi connectivity index (χ0v) is 18.1. The minimum atomic E-state index is -4.79. The number of carbonyl (C=O) groups excluding carboxylic acids is 1. The number of fused-ring (bicyclic) bond motifs is 1. The zero-order valence-electron chi connectivity index (χ0n) is 17.3. The molecule has 1 aliphatic heterocycles. The molecular weight excluding hydrogens is 433 g/mol. The molecule has 0 fully saturated rings. The van der Waals surface area contributed by atoms with E-state index >= 15 is 0 Å². The Labute approximate surface area is 179 Å². The van der Waals surface area contributed by atoms with Gasteiger partial charge in [0.15, 0.2) is 0 Å². The lowest BCUT2D eigenvalue weighted by molar-refractivity contribution is -0.274. The molecule has 0 radical (unpaired) electrons. The molecule has 10 heteroatoms. The van der Waals surface area contributed by atoms with Crippen LogP contribution in [0.15, 0.2) is 47.4 Å². The maximum Gasteiger partial charge on any atom is 0.573 e. The highest BCUT2D eigenvalue weighted by Crippen LogP contribution is 2.33. The number of hydrogen-bond acceptors (Lipinski definition) is 4. The van der Waals surface area contributed by atoms with E-state index in [0.717, 1.165) is 0 Å². The Balaban J connectivity index is 1.85. The standard InChI is InChI=1S/C21H23F3N2O4S/c1-14(2)25(3)31(28,29)18-9-6-15(7-10-18)20(27)26-12-4-5-16-13-17(8-11-19(16)26)30-21(22,23)24/h6-11,13-14H,4-5,12H2,1-3H3. The lowest BCUT2D eigenvalue weighted by atomic mass is 10.0. The van der Waals surface area contributed by atoms with Crippen molar-refractivity contribution in [3.8, 4) is 5.75 Å². The number of benzene rings is 2. The van der Waals surface area contributed by atoms with E-state index in [0.29, 0.717) is 30.6 Å². The minimum absolute atomic E-state index is 0.0771. The Morgan fingerprint density at radius 1 is 1.13 bits per heavy atom. The van der Waals surface area contributed by atoms with Crippen molar-refractivity contribution in [2.45, 2.75) is 44.0 Å². The molecule has 1 aliphatic rings. The number of aryl methyl sites for hydroxylation is 1. The first-order chi connectivity index (χ1) is 14.4. The highest BCUT2D eigenvalue weighted by molar-refractivity contribution is 7.89. The summed E-state index contributed by atoms with van der Waals surface area (Å²) in [6.07, 6.45) is -3.68. The number of carbonyl (C=O) groups is 1. The van der Waals surface area contributed by atoms with Crippen LogP contribution in [0.2, 0.25) is 0 Å². The van der Waals surface area contributed by atoms with Gasteiger partial charge in [0, 0.05) is 30.9 Å². The van der Waals surface area contributed by atoms with Crippen molar-refractivity contribution in [1.29, 1.82) is 0 Å². The lowest BCUT2D eigenvalue weighted by Crippen LogP contribution is -2.35. The van der Waals surface area contributed by atoms with Gasteiger partial charge in [0.2, 0.25) is 10.0 Å². The van der Waals surface area contributed by atoms with E-state index in [2.05, 4.69) is 4.74 Å². The molecule has 1 heterocycles. The second-order valence-corrected chi connectivity index (χ2v) is 9.54. The summed E-state index contributed by atoms with van der Waals surface area (Å²) in [6, 6.07) is 9.33. The van der Waals surface area contributed by atoms with Crippen LogP contribution in [0.25, 0.3) is 0 Å². The molecular formula is C21H23F3N2O4S. The summed E-state index contributed by atoms with van der Waals surface area (Å²) in [4.78, 5) is 14.6. The Hall–Kier alpha value is -2.59. The van der Waals surface area contributed by atoms with Crippen molar-refractivity contribution in [1.82, 2.24) is 4.31 Å². The number of ether oxygens (including phenoxy) is 1. The molecule has 2 aromatic carbocycles. The average Bonchev–Trinajstić information content (AvgIpc) is 2.70. The largest absolute Gasteiger partial charge is 0.573 e. The number of hydrogen-bond donors (Lipinski definition) is 0. The van der Waals surface area contributed by atoms with Gasteiger partial charge in [-0.05, 0) is 74.7 Å². The zero-order chi connectivity index (χ0) is 23.0. The van der Waals surface area contributed by atoms with Crippen molar-refractivity contribution in [3.63, 3.8) is 0 Å². The van der Waals surface area contributed by atoms with E-state index in [1.54, 1.807) is 13.8 Å². The fourth-order valence-corrected chi connectivity index (χ4v) is 4.72. The molecule has 3 rings (SSSR count). The Morgan fingerprint density at radius 2 is 1.77 bits per heavy atom. The van der Waals surface area contributed by atoms with Gasteiger partial charge in [-0.15, -0.1) is 13.2 Å². The van der Waals surface area contributed by atoms with Crippen LogP contribution >= 0.6 is 0 Å². The fraction of sp³-hybridized carbons (Fsp3) is 0.381. The van der Waals surface area contributed by atoms with E-state index in [-0.39, 0.29) is 28.2 Å². The summed E-state index contributed by atoms with van der Waals surface area (Å²) in [5, 5.41) is 0. The molecule has 2 aromatic rings. The molecule has 1 amide bonds. The predicted octanol–water partition coefficient (Wildman–Crippen LogP) is 4.21. The van der Waals surface area contributed by atoms with E-state index in [1.165, 1.54) is 58.7 Å². The smallest absolute Gasteiger partial charge is 0.406 e. The predicted molar refractivity (Wildman–Crippen MR) is 110 cm³/mol. The van der Waals surface area contributed by atoms with Gasteiger partial charge >= 0.3 is 6.36 Å². The molecule has 0 N–H and O–H groups in total. The fourth-order valence-electron chi connectivity index (χ4n) is 3.35. The Morgan fingerprint density at radius 3 is 2.35 bits per heavy atom. The van der Waals surface area contributed by atoms with Crippen molar-refractivity contribution in [2.24, 2.45) is 0 Å². The summed E-state index contributed by atoms with van der Waals surface area (Å²) in [6.45, 7) is 3.92. The third-order valence-corrected chi connectivity index (χ3v) is 7.20. The maximum atomic E-state index is 13.0. The summed E-state index contributed by atoms with van der Waals surface area (Å²) in [5.74, 6) is -0.684. The summed E-state index contributed by atoms with van der Waals surface area (Å²) < 4.78 is 67.8. The molecule has 0 aliphatic carbocycles. The molecule has 0 spiro atoms. The van der Waals surface area contributed by atoms with Gasteiger partial charge in [0.05, 0.1) is 4.90 Å². The molecule has 0 saturated carbocycles. The SMILES string of the molecule is CC(C)N(C)S(=O)(=O)c1ccc(C(=O)N2CCCc3cc(OC(F)(F)F)ccc32)cc1. The highest BCUT2D eigenvalue weighted by Gasteiger charge is 2.32. The van der Waals surface area contributed by atoms with Crippen LogP contribution in [0.4, 0.5) is 18.9 Å². The van der Waals surface area contributed by atoms with Crippen molar-refractivity contribution in [2.75, 3.05) is 18.5 Å². The quantitative estimate of drug-likeness (QED) is 0.676. The molecule has 6 nitrogen and oxygen atoms in total. The van der Waals surface area contributed by atoms with Crippen LogP contribution in [0, 0.1) is 0 Å². The van der Waals surface area contributed by atoms with Crippen LogP contribution in [-0.4, -0.2) is 44.6 Å². The van der Waals surface area contributed by atoms with Crippen LogP contribution in [0.3, 0.4) is 0 Å². The number of amides is 1. The first kappa shape index (κ1) is 23.1. The molecule has 31 heavy (non-hydrogen) atoms. The van der Waals surface area contributed by atoms with Gasteiger partial charge in [-0.25, -0.2) is 8.42 Å². The molecule has 0 unspecified atom stereocenters. The van der Waals surface area contributed by atoms with Crippen LogP contribution in [0.5, 0.6) is 5.75 Å². The summed E-state index contributed by atoms with van der Waals surface area (Å²) in [5.41, 5.74) is 1.38. The van der Waals surface area contributed by atoms with Gasteiger partial charge < -0.3 is 9.64 Å². The lowest BCUT2D eigenvalue weighted by Gasteiger charge is -2.30. The molecule has 0 aromatic heterocycles.